The molecule has 0 saturated heterocycles. The predicted octanol–water partition coefficient (Wildman–Crippen LogP) is 5.11. The molecule has 7 heteroatoms. The summed E-state index contributed by atoms with van der Waals surface area (Å²) in [6, 6.07) is 9.99. The Labute approximate surface area is 143 Å². The summed E-state index contributed by atoms with van der Waals surface area (Å²) in [6.45, 7) is 3.93. The molecule has 0 amide bonds. The lowest BCUT2D eigenvalue weighted by molar-refractivity contribution is 0.459. The number of nitrogens with one attached hydrogen (secondary N) is 2. The Hall–Kier alpha value is -2.80. The molecule has 0 aliphatic rings. The molecule has 1 heterocycles. The van der Waals surface area contributed by atoms with E-state index in [-0.39, 0.29) is 16.7 Å². The summed E-state index contributed by atoms with van der Waals surface area (Å²) in [5.74, 6) is -0.589. The second-order valence-corrected chi connectivity index (χ2v) is 5.80. The van der Waals surface area contributed by atoms with Crippen LogP contribution >= 0.6 is 12.2 Å². The monoisotopic (exact) mass is 342 g/mol. The van der Waals surface area contributed by atoms with E-state index < -0.39 is 5.82 Å². The van der Waals surface area contributed by atoms with Gasteiger partial charge in [-0.05, 0) is 55.4 Å². The Bertz CT molecular complexity index is 944. The van der Waals surface area contributed by atoms with Crippen LogP contribution in [0.25, 0.3) is 10.9 Å². The van der Waals surface area contributed by atoms with Crippen molar-refractivity contribution in [1.82, 2.24) is 4.98 Å². The van der Waals surface area contributed by atoms with E-state index in [2.05, 4.69) is 20.5 Å². The number of hydrogen-bond acceptors (Lipinski definition) is 3. The molecule has 0 aliphatic heterocycles. The second-order valence-electron chi connectivity index (χ2n) is 5.41. The number of fused-ring (bicyclic) bond motifs is 1. The first-order valence-electron chi connectivity index (χ1n) is 7.25. The van der Waals surface area contributed by atoms with Crippen molar-refractivity contribution in [2.45, 2.75) is 13.8 Å². The summed E-state index contributed by atoms with van der Waals surface area (Å²) in [5.41, 5.74) is 3.62. The Morgan fingerprint density at radius 2 is 1.92 bits per heavy atom. The summed E-state index contributed by atoms with van der Waals surface area (Å²) in [4.78, 5) is 2.66. The van der Waals surface area contributed by atoms with Gasteiger partial charge in [-0.25, -0.2) is 4.39 Å². The Kier molecular flexibility index (Phi) is 4.26. The fourth-order valence-electron chi connectivity index (χ4n) is 2.48. The van der Waals surface area contributed by atoms with Crippen molar-refractivity contribution in [2.75, 3.05) is 5.32 Å². The number of aromatic amines is 1. The number of H-pyrrole nitrogens is 1. The van der Waals surface area contributed by atoms with E-state index >= 15 is 0 Å². The number of benzene rings is 2. The van der Waals surface area contributed by atoms with Crippen LogP contribution in [-0.2, 0) is 0 Å². The number of aromatic nitrogens is 1. The van der Waals surface area contributed by atoms with Gasteiger partial charge in [-0.15, -0.1) is 10.2 Å². The van der Waals surface area contributed by atoms with E-state index in [0.717, 1.165) is 16.8 Å². The molecular formula is C17H15FN4OS. The van der Waals surface area contributed by atoms with Crippen molar-refractivity contribution >= 4 is 39.6 Å². The summed E-state index contributed by atoms with van der Waals surface area (Å²) in [7, 11) is 0. The quantitative estimate of drug-likeness (QED) is 0.447. The van der Waals surface area contributed by atoms with Gasteiger partial charge in [0.2, 0.25) is 11.0 Å². The van der Waals surface area contributed by atoms with E-state index in [0.29, 0.717) is 10.9 Å². The van der Waals surface area contributed by atoms with E-state index in [4.69, 9.17) is 12.2 Å². The first-order valence-corrected chi connectivity index (χ1v) is 7.65. The molecule has 3 N–H and O–H groups in total. The molecule has 0 aliphatic carbocycles. The van der Waals surface area contributed by atoms with Crippen LogP contribution in [0, 0.1) is 19.7 Å². The first-order chi connectivity index (χ1) is 11.5. The van der Waals surface area contributed by atoms with Crippen LogP contribution in [0.4, 0.5) is 15.8 Å². The molecule has 0 saturated carbocycles. The topological polar surface area (TPSA) is 72.8 Å². The zero-order chi connectivity index (χ0) is 17.3. The molecule has 24 heavy (non-hydrogen) atoms. The minimum absolute atomic E-state index is 0.170. The summed E-state index contributed by atoms with van der Waals surface area (Å²) in [6.07, 6.45) is 0. The number of para-hydroxylation sites is 1. The highest BCUT2D eigenvalue weighted by molar-refractivity contribution is 7.80. The molecule has 0 bridgehead atoms. The number of aryl methyl sites for hydroxylation is 2. The maximum Gasteiger partial charge on any atom is 0.218 e. The predicted molar refractivity (Wildman–Crippen MR) is 96.6 cm³/mol. The number of rotatable bonds is 2. The molecule has 3 aromatic rings. The molecule has 5 nitrogen and oxygen atoms in total. The average molecular weight is 342 g/mol. The van der Waals surface area contributed by atoms with Crippen LogP contribution < -0.4 is 5.32 Å². The van der Waals surface area contributed by atoms with Crippen molar-refractivity contribution in [2.24, 2.45) is 10.2 Å². The minimum Gasteiger partial charge on any atom is -0.493 e. The van der Waals surface area contributed by atoms with Gasteiger partial charge in [-0.2, -0.15) is 0 Å². The van der Waals surface area contributed by atoms with Gasteiger partial charge in [-0.1, -0.05) is 18.2 Å². The molecule has 1 aromatic heterocycles. The van der Waals surface area contributed by atoms with E-state index in [9.17, 15) is 9.50 Å². The Morgan fingerprint density at radius 1 is 1.21 bits per heavy atom. The maximum absolute atomic E-state index is 13.2. The van der Waals surface area contributed by atoms with Gasteiger partial charge >= 0.3 is 0 Å². The van der Waals surface area contributed by atoms with Crippen LogP contribution in [0.15, 0.2) is 46.6 Å². The zero-order valence-corrected chi connectivity index (χ0v) is 13.9. The van der Waals surface area contributed by atoms with Gasteiger partial charge < -0.3 is 15.4 Å². The highest BCUT2D eigenvalue weighted by atomic mass is 32.1. The third-order valence-corrected chi connectivity index (χ3v) is 3.85. The van der Waals surface area contributed by atoms with E-state index in [1.807, 2.05) is 32.0 Å². The largest absolute Gasteiger partial charge is 0.493 e. The average Bonchev–Trinajstić information content (AvgIpc) is 2.83. The van der Waals surface area contributed by atoms with Crippen LogP contribution in [0.5, 0.6) is 5.88 Å². The lowest BCUT2D eigenvalue weighted by Gasteiger charge is -2.10. The minimum atomic E-state index is -0.403. The van der Waals surface area contributed by atoms with Crippen LogP contribution in [0.1, 0.15) is 11.1 Å². The van der Waals surface area contributed by atoms with Gasteiger partial charge in [-0.3, -0.25) is 0 Å². The third-order valence-electron chi connectivity index (χ3n) is 3.67. The van der Waals surface area contributed by atoms with Gasteiger partial charge in [0, 0.05) is 11.1 Å². The number of halogens is 1. The van der Waals surface area contributed by atoms with Crippen molar-refractivity contribution < 1.29 is 9.50 Å². The molecular weight excluding hydrogens is 327 g/mol. The Morgan fingerprint density at radius 3 is 2.62 bits per heavy atom. The fraction of sp³-hybridized carbons (Fsp3) is 0.118. The van der Waals surface area contributed by atoms with Crippen molar-refractivity contribution in [3.63, 3.8) is 0 Å². The lowest BCUT2D eigenvalue weighted by Crippen LogP contribution is -2.07. The third kappa shape index (κ3) is 3.11. The Balaban J connectivity index is 1.86. The van der Waals surface area contributed by atoms with Crippen LogP contribution in [0.3, 0.4) is 0 Å². The SMILES string of the molecule is Cc1cccc(C)c1NC(=S)N=Nc1c(O)[nH]c2cc(F)ccc12. The standard InChI is InChI=1S/C17H15FN4OS/c1-9-4-3-5-10(2)14(9)20-17(24)22-21-15-12-7-6-11(18)8-13(12)19-16(15)23/h3-8,19,23H,1-2H3,(H,20,24). The van der Waals surface area contributed by atoms with Crippen LogP contribution in [-0.4, -0.2) is 15.2 Å². The highest BCUT2D eigenvalue weighted by Gasteiger charge is 2.11. The van der Waals surface area contributed by atoms with E-state index in [1.165, 1.54) is 18.2 Å². The zero-order valence-electron chi connectivity index (χ0n) is 13.1. The molecule has 0 fully saturated rings. The number of thiocarbonyl (C=S) groups is 1. The van der Waals surface area contributed by atoms with E-state index in [1.54, 1.807) is 0 Å². The fourth-order valence-corrected chi connectivity index (χ4v) is 2.62. The summed E-state index contributed by atoms with van der Waals surface area (Å²) in [5, 5.41) is 21.6. The molecule has 0 spiro atoms. The van der Waals surface area contributed by atoms with Crippen molar-refractivity contribution in [3.8, 4) is 5.88 Å². The molecule has 3 rings (SSSR count). The lowest BCUT2D eigenvalue weighted by atomic mass is 10.1. The number of hydrogen-bond donors (Lipinski definition) is 3. The van der Waals surface area contributed by atoms with Crippen LogP contribution in [0.2, 0.25) is 0 Å². The summed E-state index contributed by atoms with van der Waals surface area (Å²) < 4.78 is 13.2. The number of azo groups is 1. The van der Waals surface area contributed by atoms with Gasteiger partial charge in [0.15, 0.2) is 5.69 Å². The summed E-state index contributed by atoms with van der Waals surface area (Å²) >= 11 is 5.19. The maximum atomic E-state index is 13.2. The number of anilines is 1. The molecule has 0 radical (unpaired) electrons. The van der Waals surface area contributed by atoms with Gasteiger partial charge in [0.25, 0.3) is 0 Å². The molecule has 0 unspecified atom stereocenters. The first kappa shape index (κ1) is 16.1. The van der Waals surface area contributed by atoms with Gasteiger partial charge in [0.1, 0.15) is 5.82 Å². The van der Waals surface area contributed by atoms with Crippen molar-refractivity contribution in [3.05, 3.63) is 53.3 Å². The molecule has 0 atom stereocenters. The molecule has 2 aromatic carbocycles. The number of nitrogens with zero attached hydrogens (tertiary/aromatic N) is 2. The normalized spacial score (nSPS) is 11.3. The van der Waals surface area contributed by atoms with Crippen molar-refractivity contribution in [1.29, 1.82) is 0 Å². The van der Waals surface area contributed by atoms with Gasteiger partial charge in [0.05, 0.1) is 5.52 Å². The highest BCUT2D eigenvalue weighted by Crippen LogP contribution is 2.35. The second kappa shape index (κ2) is 6.37. The smallest absolute Gasteiger partial charge is 0.218 e. The number of aromatic hydroxyl groups is 1. The molecule has 122 valence electrons.